The van der Waals surface area contributed by atoms with Crippen molar-refractivity contribution in [1.29, 1.82) is 0 Å². The van der Waals surface area contributed by atoms with Gasteiger partial charge in [-0.05, 0) is 43.9 Å². The Balaban J connectivity index is 1.64. The van der Waals surface area contributed by atoms with Crippen molar-refractivity contribution in [2.45, 2.75) is 51.3 Å². The van der Waals surface area contributed by atoms with Gasteiger partial charge in [0.1, 0.15) is 5.76 Å². The van der Waals surface area contributed by atoms with E-state index in [-0.39, 0.29) is 0 Å². The summed E-state index contributed by atoms with van der Waals surface area (Å²) < 4.78 is 5.52. The van der Waals surface area contributed by atoms with Crippen LogP contribution in [0, 0.1) is 0 Å². The van der Waals surface area contributed by atoms with Crippen molar-refractivity contribution in [3.8, 4) is 0 Å². The van der Waals surface area contributed by atoms with E-state index >= 15 is 0 Å². The van der Waals surface area contributed by atoms with Gasteiger partial charge in [-0.2, -0.15) is 0 Å². The van der Waals surface area contributed by atoms with Crippen LogP contribution in [0.3, 0.4) is 0 Å². The van der Waals surface area contributed by atoms with E-state index in [0.717, 1.165) is 30.7 Å². The van der Waals surface area contributed by atoms with Crippen LogP contribution in [0.1, 0.15) is 55.2 Å². The zero-order chi connectivity index (χ0) is 14.9. The van der Waals surface area contributed by atoms with Gasteiger partial charge in [-0.3, -0.25) is 0 Å². The average molecular weight is 285 g/mol. The molecular weight excluding hydrogens is 262 g/mol. The van der Waals surface area contributed by atoms with E-state index in [1.807, 2.05) is 26.0 Å². The van der Waals surface area contributed by atoms with Gasteiger partial charge in [0.2, 0.25) is 0 Å². The lowest BCUT2D eigenvalue weighted by Gasteiger charge is -2.23. The lowest BCUT2D eigenvalue weighted by molar-refractivity contribution is 0.0786. The highest BCUT2D eigenvalue weighted by molar-refractivity contribution is 5.27. The Morgan fingerprint density at radius 1 is 1.24 bits per heavy atom. The smallest absolute Gasteiger partial charge is 0.108 e. The molecule has 21 heavy (non-hydrogen) atoms. The molecule has 0 aliphatic heterocycles. The molecule has 1 aromatic carbocycles. The standard InChI is InChI=1S/C18H23NO2/c1-18(2,20)14-8-6-13(7-9-14)12-19-16-4-3-5-17-15(16)10-11-21-17/h6-11,16,19-20H,3-5,12H2,1-2H3/t16-/m0/s1. The Bertz CT molecular complexity index is 592. The highest BCUT2D eigenvalue weighted by Crippen LogP contribution is 2.30. The minimum Gasteiger partial charge on any atom is -0.469 e. The number of nitrogens with one attached hydrogen (secondary N) is 1. The van der Waals surface area contributed by atoms with Crippen LogP contribution in [0.5, 0.6) is 0 Å². The molecule has 3 heteroatoms. The zero-order valence-electron chi connectivity index (χ0n) is 12.7. The van der Waals surface area contributed by atoms with Crippen molar-refractivity contribution in [2.75, 3.05) is 0 Å². The van der Waals surface area contributed by atoms with Gasteiger partial charge < -0.3 is 14.8 Å². The number of fused-ring (bicyclic) bond motifs is 1. The largest absolute Gasteiger partial charge is 0.469 e. The van der Waals surface area contributed by atoms with Gasteiger partial charge >= 0.3 is 0 Å². The van der Waals surface area contributed by atoms with Crippen LogP contribution >= 0.6 is 0 Å². The summed E-state index contributed by atoms with van der Waals surface area (Å²) in [7, 11) is 0. The molecule has 0 saturated heterocycles. The minimum atomic E-state index is -0.777. The first-order chi connectivity index (χ1) is 10.0. The first kappa shape index (κ1) is 14.4. The van der Waals surface area contributed by atoms with Crippen LogP contribution in [-0.4, -0.2) is 5.11 Å². The van der Waals surface area contributed by atoms with Crippen LogP contribution in [0.25, 0.3) is 0 Å². The second kappa shape index (κ2) is 5.66. The monoisotopic (exact) mass is 285 g/mol. The predicted molar refractivity (Wildman–Crippen MR) is 82.9 cm³/mol. The number of rotatable bonds is 4. The summed E-state index contributed by atoms with van der Waals surface area (Å²) in [6.07, 6.45) is 5.19. The van der Waals surface area contributed by atoms with Gasteiger partial charge in [-0.1, -0.05) is 24.3 Å². The lowest BCUT2D eigenvalue weighted by atomic mass is 9.93. The number of hydrogen-bond donors (Lipinski definition) is 2. The van der Waals surface area contributed by atoms with E-state index in [0.29, 0.717) is 6.04 Å². The fourth-order valence-electron chi connectivity index (χ4n) is 2.97. The van der Waals surface area contributed by atoms with Crippen molar-refractivity contribution in [3.05, 3.63) is 59.0 Å². The molecule has 0 radical (unpaired) electrons. The van der Waals surface area contributed by atoms with Gasteiger partial charge in [0.25, 0.3) is 0 Å². The molecule has 1 aliphatic carbocycles. The maximum Gasteiger partial charge on any atom is 0.108 e. The van der Waals surface area contributed by atoms with Crippen LogP contribution in [-0.2, 0) is 18.6 Å². The topological polar surface area (TPSA) is 45.4 Å². The number of benzene rings is 1. The van der Waals surface area contributed by atoms with Crippen molar-refractivity contribution in [3.63, 3.8) is 0 Å². The SMILES string of the molecule is CC(C)(O)c1ccc(CN[C@H]2CCCc3occc32)cc1. The van der Waals surface area contributed by atoms with E-state index in [9.17, 15) is 5.11 Å². The fourth-order valence-corrected chi connectivity index (χ4v) is 2.97. The molecule has 0 fully saturated rings. The molecule has 3 nitrogen and oxygen atoms in total. The maximum absolute atomic E-state index is 9.97. The minimum absolute atomic E-state index is 0.390. The normalized spacial score (nSPS) is 18.5. The van der Waals surface area contributed by atoms with Crippen molar-refractivity contribution < 1.29 is 9.52 Å². The van der Waals surface area contributed by atoms with E-state index in [2.05, 4.69) is 23.5 Å². The van der Waals surface area contributed by atoms with Crippen LogP contribution in [0.2, 0.25) is 0 Å². The molecule has 0 unspecified atom stereocenters. The molecule has 0 saturated carbocycles. The first-order valence-electron chi connectivity index (χ1n) is 7.65. The highest BCUT2D eigenvalue weighted by atomic mass is 16.3. The van der Waals surface area contributed by atoms with E-state index < -0.39 is 5.60 Å². The third-order valence-electron chi connectivity index (χ3n) is 4.26. The fraction of sp³-hybridized carbons (Fsp3) is 0.444. The van der Waals surface area contributed by atoms with Gasteiger partial charge in [-0.15, -0.1) is 0 Å². The number of aliphatic hydroxyl groups is 1. The number of hydrogen-bond acceptors (Lipinski definition) is 3. The van der Waals surface area contributed by atoms with Crippen LogP contribution < -0.4 is 5.32 Å². The molecule has 0 bridgehead atoms. The second-order valence-electron chi connectivity index (χ2n) is 6.38. The summed E-state index contributed by atoms with van der Waals surface area (Å²) in [5, 5.41) is 13.6. The second-order valence-corrected chi connectivity index (χ2v) is 6.38. The summed E-state index contributed by atoms with van der Waals surface area (Å²) >= 11 is 0. The van der Waals surface area contributed by atoms with Crippen LogP contribution in [0.4, 0.5) is 0 Å². The predicted octanol–water partition coefficient (Wildman–Crippen LogP) is 3.67. The van der Waals surface area contributed by atoms with Crippen molar-refractivity contribution in [1.82, 2.24) is 5.32 Å². The molecule has 3 rings (SSSR count). The van der Waals surface area contributed by atoms with Gasteiger partial charge in [-0.25, -0.2) is 0 Å². The van der Waals surface area contributed by atoms with Crippen molar-refractivity contribution >= 4 is 0 Å². The molecule has 2 N–H and O–H groups in total. The summed E-state index contributed by atoms with van der Waals surface area (Å²) in [5.74, 6) is 1.14. The van der Waals surface area contributed by atoms with Crippen molar-refractivity contribution in [2.24, 2.45) is 0 Å². The third-order valence-corrected chi connectivity index (χ3v) is 4.26. The molecule has 1 aromatic heterocycles. The van der Waals surface area contributed by atoms with E-state index in [1.165, 1.54) is 17.5 Å². The summed E-state index contributed by atoms with van der Waals surface area (Å²) in [5.41, 5.74) is 2.72. The first-order valence-corrected chi connectivity index (χ1v) is 7.65. The molecular formula is C18H23NO2. The molecule has 1 atom stereocenters. The highest BCUT2D eigenvalue weighted by Gasteiger charge is 2.22. The Hall–Kier alpha value is -1.58. The Labute approximate surface area is 126 Å². The van der Waals surface area contributed by atoms with Crippen LogP contribution in [0.15, 0.2) is 41.0 Å². The third kappa shape index (κ3) is 3.20. The molecule has 112 valence electrons. The van der Waals surface area contributed by atoms with Gasteiger partial charge in [0.15, 0.2) is 0 Å². The Morgan fingerprint density at radius 2 is 2.00 bits per heavy atom. The summed E-state index contributed by atoms with van der Waals surface area (Å²) in [6.45, 7) is 4.45. The summed E-state index contributed by atoms with van der Waals surface area (Å²) in [6, 6.07) is 10.6. The van der Waals surface area contributed by atoms with Gasteiger partial charge in [0.05, 0.1) is 11.9 Å². The zero-order valence-corrected chi connectivity index (χ0v) is 12.7. The van der Waals surface area contributed by atoms with E-state index in [4.69, 9.17) is 4.42 Å². The molecule has 0 amide bonds. The molecule has 1 heterocycles. The molecule has 2 aromatic rings. The number of aryl methyl sites for hydroxylation is 1. The van der Waals surface area contributed by atoms with Gasteiger partial charge in [0, 0.05) is 24.6 Å². The lowest BCUT2D eigenvalue weighted by Crippen LogP contribution is -2.24. The summed E-state index contributed by atoms with van der Waals surface area (Å²) in [4.78, 5) is 0. The molecule has 1 aliphatic rings. The Kier molecular flexibility index (Phi) is 3.87. The average Bonchev–Trinajstić information content (AvgIpc) is 2.93. The quantitative estimate of drug-likeness (QED) is 0.901. The molecule has 0 spiro atoms. The Morgan fingerprint density at radius 3 is 2.71 bits per heavy atom. The number of furan rings is 1. The maximum atomic E-state index is 9.97. The van der Waals surface area contributed by atoms with E-state index in [1.54, 1.807) is 6.26 Å².